The van der Waals surface area contributed by atoms with Gasteiger partial charge in [0, 0.05) is 38.2 Å². The number of hydrogen-bond acceptors (Lipinski definition) is 6. The van der Waals surface area contributed by atoms with Gasteiger partial charge in [-0.25, -0.2) is 0 Å². The summed E-state index contributed by atoms with van der Waals surface area (Å²) in [4.78, 5) is 21.0. The molecule has 10 heteroatoms. The molecule has 1 aliphatic rings. The summed E-state index contributed by atoms with van der Waals surface area (Å²) in [5.74, 6) is 1.36. The number of amides is 1. The molecule has 1 fully saturated rings. The molecule has 2 aromatic carbocycles. The van der Waals surface area contributed by atoms with Crippen molar-refractivity contribution in [2.45, 2.75) is 32.0 Å². The lowest BCUT2D eigenvalue weighted by Gasteiger charge is -2.21. The molecule has 0 radical (unpaired) electrons. The monoisotopic (exact) mass is 488 g/mol. The molecule has 0 aliphatic carbocycles. The van der Waals surface area contributed by atoms with E-state index in [0.717, 1.165) is 36.4 Å². The van der Waals surface area contributed by atoms with E-state index in [2.05, 4.69) is 15.0 Å². The van der Waals surface area contributed by atoms with Crippen LogP contribution < -0.4 is 4.74 Å². The van der Waals surface area contributed by atoms with E-state index in [1.807, 2.05) is 29.2 Å². The quantitative estimate of drug-likeness (QED) is 0.490. The van der Waals surface area contributed by atoms with Gasteiger partial charge in [0.1, 0.15) is 5.75 Å². The first-order valence-electron chi connectivity index (χ1n) is 11.4. The maximum absolute atomic E-state index is 13.0. The van der Waals surface area contributed by atoms with Gasteiger partial charge in [-0.1, -0.05) is 29.4 Å². The zero-order valence-corrected chi connectivity index (χ0v) is 19.4. The Hall–Kier alpha value is -3.40. The Morgan fingerprint density at radius 1 is 1.09 bits per heavy atom. The summed E-state index contributed by atoms with van der Waals surface area (Å²) in [5, 5.41) is 3.85. The molecule has 35 heavy (non-hydrogen) atoms. The molecule has 0 N–H and O–H groups in total. The van der Waals surface area contributed by atoms with Gasteiger partial charge in [0.05, 0.1) is 19.2 Å². The van der Waals surface area contributed by atoms with Crippen LogP contribution in [-0.4, -0.2) is 59.1 Å². The van der Waals surface area contributed by atoms with Gasteiger partial charge >= 0.3 is 6.18 Å². The van der Waals surface area contributed by atoms with Crippen molar-refractivity contribution < 1.29 is 27.2 Å². The van der Waals surface area contributed by atoms with Crippen LogP contribution in [0.25, 0.3) is 11.4 Å². The van der Waals surface area contributed by atoms with Crippen LogP contribution in [0.4, 0.5) is 13.2 Å². The Labute approximate surface area is 201 Å². The molecule has 0 spiro atoms. The number of methoxy groups -OCH3 is 1. The summed E-state index contributed by atoms with van der Waals surface area (Å²) in [6, 6.07) is 12.6. The Bertz CT molecular complexity index is 1130. The van der Waals surface area contributed by atoms with Gasteiger partial charge in [0.15, 0.2) is 0 Å². The average Bonchev–Trinajstić information content (AvgIpc) is 3.20. The average molecular weight is 489 g/mol. The number of hydrogen-bond donors (Lipinski definition) is 0. The van der Waals surface area contributed by atoms with Crippen molar-refractivity contribution in [3.8, 4) is 17.1 Å². The number of nitrogens with zero attached hydrogens (tertiary/aromatic N) is 4. The van der Waals surface area contributed by atoms with E-state index in [1.54, 1.807) is 7.11 Å². The minimum atomic E-state index is -4.44. The van der Waals surface area contributed by atoms with Crippen LogP contribution in [0.1, 0.15) is 29.9 Å². The fourth-order valence-electron chi connectivity index (χ4n) is 4.04. The molecule has 1 saturated heterocycles. The highest BCUT2D eigenvalue weighted by molar-refractivity contribution is 5.76. The molecule has 1 aromatic heterocycles. The number of rotatable bonds is 7. The minimum absolute atomic E-state index is 0.118. The molecule has 0 bridgehead atoms. The van der Waals surface area contributed by atoms with Crippen LogP contribution in [0.3, 0.4) is 0 Å². The van der Waals surface area contributed by atoms with Crippen LogP contribution in [0.2, 0.25) is 0 Å². The highest BCUT2D eigenvalue weighted by Crippen LogP contribution is 2.31. The number of halogens is 3. The van der Waals surface area contributed by atoms with E-state index in [-0.39, 0.29) is 17.3 Å². The zero-order valence-electron chi connectivity index (χ0n) is 19.4. The fourth-order valence-corrected chi connectivity index (χ4v) is 4.04. The highest BCUT2D eigenvalue weighted by Gasteiger charge is 2.31. The van der Waals surface area contributed by atoms with Crippen LogP contribution in [0.5, 0.6) is 5.75 Å². The van der Waals surface area contributed by atoms with Crippen molar-refractivity contribution in [1.29, 1.82) is 0 Å². The normalized spacial score (nSPS) is 15.1. The number of alkyl halides is 3. The van der Waals surface area contributed by atoms with Gasteiger partial charge < -0.3 is 14.2 Å². The first-order chi connectivity index (χ1) is 16.8. The van der Waals surface area contributed by atoms with Crippen LogP contribution in [0.15, 0.2) is 53.1 Å². The number of aromatic nitrogens is 2. The Balaban J connectivity index is 1.29. The molecule has 0 saturated carbocycles. The molecule has 3 aromatic rings. The summed E-state index contributed by atoms with van der Waals surface area (Å²) < 4.78 is 49.4. The third-order valence-electron chi connectivity index (χ3n) is 6.00. The summed E-state index contributed by atoms with van der Waals surface area (Å²) in [5.41, 5.74) is 0.577. The largest absolute Gasteiger partial charge is 0.497 e. The van der Waals surface area contributed by atoms with E-state index >= 15 is 0 Å². The predicted molar refractivity (Wildman–Crippen MR) is 123 cm³/mol. The highest BCUT2D eigenvalue weighted by atomic mass is 19.4. The minimum Gasteiger partial charge on any atom is -0.497 e. The Morgan fingerprint density at radius 3 is 2.63 bits per heavy atom. The van der Waals surface area contributed by atoms with Gasteiger partial charge in [-0.15, -0.1) is 0 Å². The van der Waals surface area contributed by atoms with E-state index in [4.69, 9.17) is 9.26 Å². The van der Waals surface area contributed by atoms with Gasteiger partial charge in [0.25, 0.3) is 0 Å². The Kier molecular flexibility index (Phi) is 7.70. The lowest BCUT2D eigenvalue weighted by molar-refractivity contribution is -0.137. The maximum atomic E-state index is 13.0. The molecular weight excluding hydrogens is 461 g/mol. The second-order valence-electron chi connectivity index (χ2n) is 8.45. The number of aryl methyl sites for hydroxylation is 1. The summed E-state index contributed by atoms with van der Waals surface area (Å²) in [6.07, 6.45) is -2.52. The van der Waals surface area contributed by atoms with Gasteiger partial charge in [0.2, 0.25) is 17.6 Å². The molecule has 7 nitrogen and oxygen atoms in total. The summed E-state index contributed by atoms with van der Waals surface area (Å²) in [7, 11) is 1.62. The third-order valence-corrected chi connectivity index (χ3v) is 6.00. The van der Waals surface area contributed by atoms with Crippen molar-refractivity contribution in [3.05, 3.63) is 65.5 Å². The van der Waals surface area contributed by atoms with Crippen molar-refractivity contribution in [1.82, 2.24) is 19.9 Å². The molecule has 186 valence electrons. The van der Waals surface area contributed by atoms with Crippen LogP contribution >= 0.6 is 0 Å². The standard InChI is InChI=1S/C25H27F3N4O3/c1-34-21-9-6-18(7-10-21)8-11-23(33)32-13-3-12-31(14-15-32)17-22-29-24(30-35-22)19-4-2-5-20(16-19)25(26,27)28/h2,4-7,9-10,16H,3,8,11-15,17H2,1H3. The molecule has 1 amide bonds. The number of ether oxygens (including phenoxy) is 1. The Morgan fingerprint density at radius 2 is 1.89 bits per heavy atom. The van der Waals surface area contributed by atoms with Crippen molar-refractivity contribution in [2.24, 2.45) is 0 Å². The lowest BCUT2D eigenvalue weighted by atomic mass is 10.1. The molecule has 0 unspecified atom stereocenters. The van der Waals surface area contributed by atoms with Gasteiger partial charge in [-0.3, -0.25) is 9.69 Å². The van der Waals surface area contributed by atoms with Crippen molar-refractivity contribution in [3.63, 3.8) is 0 Å². The second-order valence-corrected chi connectivity index (χ2v) is 8.45. The SMILES string of the molecule is COc1ccc(CCC(=O)N2CCCN(Cc3nc(-c4cccc(C(F)(F)F)c4)no3)CC2)cc1. The smallest absolute Gasteiger partial charge is 0.416 e. The third kappa shape index (κ3) is 6.60. The van der Waals surface area contributed by atoms with E-state index in [9.17, 15) is 18.0 Å². The molecule has 2 heterocycles. The van der Waals surface area contributed by atoms with Crippen molar-refractivity contribution in [2.75, 3.05) is 33.3 Å². The molecule has 0 atom stereocenters. The van der Waals surface area contributed by atoms with Gasteiger partial charge in [-0.2, -0.15) is 18.2 Å². The van der Waals surface area contributed by atoms with Gasteiger partial charge in [-0.05, 0) is 42.7 Å². The van der Waals surface area contributed by atoms with E-state index < -0.39 is 11.7 Å². The van der Waals surface area contributed by atoms with E-state index in [1.165, 1.54) is 12.1 Å². The first kappa shape index (κ1) is 24.7. The summed E-state index contributed by atoms with van der Waals surface area (Å²) >= 11 is 0. The van der Waals surface area contributed by atoms with Crippen LogP contribution in [-0.2, 0) is 23.9 Å². The number of carbonyl (C=O) groups excluding carboxylic acids is 1. The predicted octanol–water partition coefficient (Wildman–Crippen LogP) is 4.43. The van der Waals surface area contributed by atoms with E-state index in [0.29, 0.717) is 44.9 Å². The molecule has 1 aliphatic heterocycles. The maximum Gasteiger partial charge on any atom is 0.416 e. The molecule has 4 rings (SSSR count). The number of benzene rings is 2. The fraction of sp³-hybridized carbons (Fsp3) is 0.400. The second kappa shape index (κ2) is 10.9. The number of carbonyl (C=O) groups is 1. The summed E-state index contributed by atoms with van der Waals surface area (Å²) in [6.45, 7) is 3.05. The first-order valence-corrected chi connectivity index (χ1v) is 11.4. The zero-order chi connectivity index (χ0) is 24.8. The topological polar surface area (TPSA) is 71.7 Å². The molecular formula is C25H27F3N4O3. The van der Waals surface area contributed by atoms with Crippen molar-refractivity contribution >= 4 is 5.91 Å². The lowest BCUT2D eigenvalue weighted by Crippen LogP contribution is -2.35. The van der Waals surface area contributed by atoms with Crippen LogP contribution in [0, 0.1) is 0 Å².